The van der Waals surface area contributed by atoms with Crippen LogP contribution in [0.3, 0.4) is 0 Å². The molecule has 1 fully saturated rings. The van der Waals surface area contributed by atoms with Gasteiger partial charge in [-0.3, -0.25) is 4.79 Å². The quantitative estimate of drug-likeness (QED) is 0.650. The number of piperidine rings is 1. The number of nitrogens with zero attached hydrogens (tertiary/aromatic N) is 1. The van der Waals surface area contributed by atoms with Crippen LogP contribution in [0.15, 0.2) is 23.1 Å². The SMILES string of the molecule is CNCCC(=O)NC1CCN(S(=O)(=O)c2ccc(OC)c(OC)c2)CC1.Cl. The van der Waals surface area contributed by atoms with Crippen LogP contribution in [0.5, 0.6) is 11.5 Å². The summed E-state index contributed by atoms with van der Waals surface area (Å²) in [5.41, 5.74) is 0. The fourth-order valence-corrected chi connectivity index (χ4v) is 4.39. The smallest absolute Gasteiger partial charge is 0.243 e. The van der Waals surface area contributed by atoms with Gasteiger partial charge in [0.15, 0.2) is 11.5 Å². The summed E-state index contributed by atoms with van der Waals surface area (Å²) in [5.74, 6) is 0.843. The van der Waals surface area contributed by atoms with Crippen LogP contribution < -0.4 is 20.1 Å². The monoisotopic (exact) mass is 421 g/mol. The number of amides is 1. The number of hydrogen-bond acceptors (Lipinski definition) is 6. The van der Waals surface area contributed by atoms with Crippen LogP contribution in [0.25, 0.3) is 0 Å². The highest BCUT2D eigenvalue weighted by Gasteiger charge is 2.30. The first kappa shape index (κ1) is 23.5. The molecule has 1 saturated heterocycles. The van der Waals surface area contributed by atoms with E-state index in [2.05, 4.69) is 10.6 Å². The summed E-state index contributed by atoms with van der Waals surface area (Å²) in [5, 5.41) is 5.89. The molecule has 8 nitrogen and oxygen atoms in total. The van der Waals surface area contributed by atoms with Crippen LogP contribution in [-0.4, -0.2) is 65.6 Å². The van der Waals surface area contributed by atoms with Crippen molar-refractivity contribution in [2.45, 2.75) is 30.2 Å². The van der Waals surface area contributed by atoms with E-state index in [0.29, 0.717) is 50.4 Å². The van der Waals surface area contributed by atoms with Crippen molar-refractivity contribution in [1.82, 2.24) is 14.9 Å². The van der Waals surface area contributed by atoms with Gasteiger partial charge in [-0.05, 0) is 32.0 Å². The summed E-state index contributed by atoms with van der Waals surface area (Å²) in [6.45, 7) is 1.36. The number of hydrogen-bond donors (Lipinski definition) is 2. The van der Waals surface area contributed by atoms with Crippen molar-refractivity contribution in [3.8, 4) is 11.5 Å². The number of nitrogens with one attached hydrogen (secondary N) is 2. The Morgan fingerprint density at radius 2 is 1.81 bits per heavy atom. The molecule has 1 heterocycles. The van der Waals surface area contributed by atoms with Gasteiger partial charge in [-0.15, -0.1) is 12.4 Å². The van der Waals surface area contributed by atoms with Gasteiger partial charge in [-0.1, -0.05) is 0 Å². The van der Waals surface area contributed by atoms with Gasteiger partial charge < -0.3 is 20.1 Å². The van der Waals surface area contributed by atoms with E-state index < -0.39 is 10.0 Å². The average molecular weight is 422 g/mol. The third-order valence-electron chi connectivity index (χ3n) is 4.41. The molecule has 2 N–H and O–H groups in total. The molecule has 0 radical (unpaired) electrons. The van der Waals surface area contributed by atoms with Crippen molar-refractivity contribution in [1.29, 1.82) is 0 Å². The molecular weight excluding hydrogens is 394 g/mol. The van der Waals surface area contributed by atoms with Crippen molar-refractivity contribution in [3.63, 3.8) is 0 Å². The molecule has 2 rings (SSSR count). The average Bonchev–Trinajstić information content (AvgIpc) is 2.66. The van der Waals surface area contributed by atoms with Gasteiger partial charge in [0.05, 0.1) is 19.1 Å². The Morgan fingerprint density at radius 1 is 1.19 bits per heavy atom. The standard InChI is InChI=1S/C17H27N3O5S.ClH/c1-18-9-6-17(21)19-13-7-10-20(11-8-13)26(22,23)14-4-5-15(24-2)16(12-14)25-3;/h4-5,12-13,18H,6-11H2,1-3H3,(H,19,21);1H. The maximum absolute atomic E-state index is 12.9. The number of halogens is 1. The molecule has 1 amide bonds. The van der Waals surface area contributed by atoms with Gasteiger partial charge in [0.25, 0.3) is 0 Å². The fourth-order valence-electron chi connectivity index (χ4n) is 2.90. The summed E-state index contributed by atoms with van der Waals surface area (Å²) >= 11 is 0. The number of carbonyl (C=O) groups is 1. The molecule has 1 aliphatic heterocycles. The van der Waals surface area contributed by atoms with Gasteiger partial charge in [-0.25, -0.2) is 8.42 Å². The number of carbonyl (C=O) groups excluding carboxylic acids is 1. The maximum atomic E-state index is 12.9. The van der Waals surface area contributed by atoms with Gasteiger partial charge in [0.2, 0.25) is 15.9 Å². The highest BCUT2D eigenvalue weighted by Crippen LogP contribution is 2.31. The summed E-state index contributed by atoms with van der Waals surface area (Å²) in [7, 11) is 1.16. The van der Waals surface area contributed by atoms with E-state index in [0.717, 1.165) is 0 Å². The van der Waals surface area contributed by atoms with Gasteiger partial charge >= 0.3 is 0 Å². The molecule has 1 aliphatic rings. The Hall–Kier alpha value is -1.55. The number of methoxy groups -OCH3 is 2. The zero-order valence-corrected chi connectivity index (χ0v) is 17.5. The third kappa shape index (κ3) is 5.97. The van der Waals surface area contributed by atoms with E-state index in [4.69, 9.17) is 9.47 Å². The van der Waals surface area contributed by atoms with E-state index in [1.807, 2.05) is 0 Å². The molecular formula is C17H28ClN3O5S. The molecule has 0 spiro atoms. The molecule has 0 aliphatic carbocycles. The van der Waals surface area contributed by atoms with Crippen molar-refractivity contribution in [2.75, 3.05) is 40.9 Å². The Morgan fingerprint density at radius 3 is 2.37 bits per heavy atom. The number of ether oxygens (including phenoxy) is 2. The molecule has 0 unspecified atom stereocenters. The lowest BCUT2D eigenvalue weighted by Gasteiger charge is -2.31. The van der Waals surface area contributed by atoms with Crippen molar-refractivity contribution in [2.24, 2.45) is 0 Å². The molecule has 1 aromatic rings. The Balaban J connectivity index is 0.00000364. The van der Waals surface area contributed by atoms with Crippen LogP contribution in [0.4, 0.5) is 0 Å². The Bertz CT molecular complexity index is 721. The van der Waals surface area contributed by atoms with E-state index >= 15 is 0 Å². The summed E-state index contributed by atoms with van der Waals surface area (Å²) < 4.78 is 37.5. The van der Waals surface area contributed by atoms with Gasteiger partial charge in [0.1, 0.15) is 0 Å². The number of sulfonamides is 1. The molecule has 0 saturated carbocycles. The minimum absolute atomic E-state index is 0. The van der Waals surface area contributed by atoms with Crippen molar-refractivity contribution >= 4 is 28.3 Å². The van der Waals surface area contributed by atoms with Crippen LogP contribution in [-0.2, 0) is 14.8 Å². The number of benzene rings is 1. The maximum Gasteiger partial charge on any atom is 0.243 e. The second-order valence-electron chi connectivity index (χ2n) is 6.12. The van der Waals surface area contributed by atoms with Crippen molar-refractivity contribution < 1.29 is 22.7 Å². The largest absolute Gasteiger partial charge is 0.493 e. The van der Waals surface area contributed by atoms with Crippen LogP contribution >= 0.6 is 12.4 Å². The molecule has 154 valence electrons. The highest BCUT2D eigenvalue weighted by atomic mass is 35.5. The summed E-state index contributed by atoms with van der Waals surface area (Å²) in [6, 6.07) is 4.58. The molecule has 0 bridgehead atoms. The van der Waals surface area contributed by atoms with E-state index in [-0.39, 0.29) is 29.3 Å². The Labute approximate surface area is 167 Å². The summed E-state index contributed by atoms with van der Waals surface area (Å²) in [6.07, 6.45) is 1.61. The van der Waals surface area contributed by atoms with Gasteiger partial charge in [0, 0.05) is 38.2 Å². The topological polar surface area (TPSA) is 97.0 Å². The number of rotatable bonds is 8. The first-order chi connectivity index (χ1) is 12.4. The molecule has 10 heteroatoms. The fraction of sp³-hybridized carbons (Fsp3) is 0.588. The van der Waals surface area contributed by atoms with Crippen molar-refractivity contribution in [3.05, 3.63) is 18.2 Å². The second-order valence-corrected chi connectivity index (χ2v) is 8.05. The van der Waals surface area contributed by atoms with E-state index in [1.165, 1.54) is 30.7 Å². The second kappa shape index (κ2) is 10.7. The Kier molecular flexibility index (Phi) is 9.31. The lowest BCUT2D eigenvalue weighted by molar-refractivity contribution is -0.121. The highest BCUT2D eigenvalue weighted by molar-refractivity contribution is 7.89. The molecule has 27 heavy (non-hydrogen) atoms. The molecule has 0 aromatic heterocycles. The first-order valence-electron chi connectivity index (χ1n) is 8.58. The lowest BCUT2D eigenvalue weighted by atomic mass is 10.1. The van der Waals surface area contributed by atoms with E-state index in [9.17, 15) is 13.2 Å². The third-order valence-corrected chi connectivity index (χ3v) is 6.31. The normalized spacial score (nSPS) is 15.7. The van der Waals surface area contributed by atoms with Gasteiger partial charge in [-0.2, -0.15) is 4.31 Å². The molecule has 0 atom stereocenters. The zero-order valence-electron chi connectivity index (χ0n) is 15.9. The predicted molar refractivity (Wildman–Crippen MR) is 105 cm³/mol. The minimum Gasteiger partial charge on any atom is -0.493 e. The molecule has 1 aromatic carbocycles. The predicted octanol–water partition coefficient (Wildman–Crippen LogP) is 1.00. The lowest BCUT2D eigenvalue weighted by Crippen LogP contribution is -2.46. The van der Waals surface area contributed by atoms with Crippen LogP contribution in [0.2, 0.25) is 0 Å². The first-order valence-corrected chi connectivity index (χ1v) is 10.0. The van der Waals surface area contributed by atoms with Crippen LogP contribution in [0, 0.1) is 0 Å². The van der Waals surface area contributed by atoms with Crippen LogP contribution in [0.1, 0.15) is 19.3 Å². The summed E-state index contributed by atoms with van der Waals surface area (Å²) in [4.78, 5) is 12.0. The van der Waals surface area contributed by atoms with E-state index in [1.54, 1.807) is 13.1 Å². The minimum atomic E-state index is -3.61. The zero-order chi connectivity index (χ0) is 19.2.